The SMILES string of the molecule is COCC(C)(C)c1cc2cc3c(cnn3C(=O)OCc3ccccc3)cc2n1-c1ccc(F)cc1. The molecule has 7 heteroatoms. The Labute approximate surface area is 202 Å². The van der Waals surface area contributed by atoms with Crippen LogP contribution < -0.4 is 0 Å². The summed E-state index contributed by atoms with van der Waals surface area (Å²) < 4.78 is 28.1. The van der Waals surface area contributed by atoms with Crippen molar-refractivity contribution < 1.29 is 18.7 Å². The first-order chi connectivity index (χ1) is 16.9. The van der Waals surface area contributed by atoms with Crippen LogP contribution in [0, 0.1) is 5.82 Å². The summed E-state index contributed by atoms with van der Waals surface area (Å²) in [5, 5.41) is 6.02. The molecule has 178 valence electrons. The second-order valence-electron chi connectivity index (χ2n) is 9.22. The highest BCUT2D eigenvalue weighted by atomic mass is 19.1. The van der Waals surface area contributed by atoms with Crippen molar-refractivity contribution in [1.29, 1.82) is 0 Å². The standard InChI is InChI=1S/C28H26FN3O3/c1-28(2,18-34-3)26-15-20-13-25-21(14-24(20)31(26)23-11-9-22(29)10-12-23)16-30-32(25)27(33)35-17-19-7-5-4-6-8-19/h4-16H,17-18H2,1-3H3. The van der Waals surface area contributed by atoms with Gasteiger partial charge in [-0.2, -0.15) is 9.78 Å². The fourth-order valence-electron chi connectivity index (χ4n) is 4.46. The van der Waals surface area contributed by atoms with Gasteiger partial charge in [-0.3, -0.25) is 0 Å². The van der Waals surface area contributed by atoms with E-state index in [1.54, 1.807) is 25.4 Å². The molecule has 0 saturated carbocycles. The zero-order chi connectivity index (χ0) is 24.6. The van der Waals surface area contributed by atoms with Crippen LogP contribution in [-0.4, -0.2) is 34.2 Å². The molecule has 2 aromatic heterocycles. The Bertz CT molecular complexity index is 1500. The number of benzene rings is 3. The van der Waals surface area contributed by atoms with E-state index < -0.39 is 6.09 Å². The molecule has 0 saturated heterocycles. The highest BCUT2D eigenvalue weighted by molar-refractivity contribution is 5.99. The van der Waals surface area contributed by atoms with E-state index in [9.17, 15) is 9.18 Å². The first-order valence-electron chi connectivity index (χ1n) is 11.4. The first-order valence-corrected chi connectivity index (χ1v) is 11.4. The molecule has 35 heavy (non-hydrogen) atoms. The van der Waals surface area contributed by atoms with Crippen LogP contribution in [0.5, 0.6) is 0 Å². The zero-order valence-corrected chi connectivity index (χ0v) is 19.9. The lowest BCUT2D eigenvalue weighted by Crippen LogP contribution is -2.26. The molecule has 3 aromatic carbocycles. The van der Waals surface area contributed by atoms with E-state index in [0.29, 0.717) is 12.1 Å². The lowest BCUT2D eigenvalue weighted by molar-refractivity contribution is 0.139. The number of halogens is 1. The van der Waals surface area contributed by atoms with Crippen molar-refractivity contribution in [2.24, 2.45) is 0 Å². The van der Waals surface area contributed by atoms with E-state index in [1.807, 2.05) is 42.5 Å². The maximum Gasteiger partial charge on any atom is 0.435 e. The van der Waals surface area contributed by atoms with Gasteiger partial charge in [0.25, 0.3) is 0 Å². The Morgan fingerprint density at radius 3 is 2.40 bits per heavy atom. The van der Waals surface area contributed by atoms with E-state index in [2.05, 4.69) is 29.6 Å². The van der Waals surface area contributed by atoms with Crippen molar-refractivity contribution >= 4 is 27.9 Å². The van der Waals surface area contributed by atoms with E-state index in [4.69, 9.17) is 9.47 Å². The van der Waals surface area contributed by atoms with E-state index in [-0.39, 0.29) is 17.8 Å². The summed E-state index contributed by atoms with van der Waals surface area (Å²) in [5.74, 6) is -0.291. The Morgan fingerprint density at radius 1 is 0.971 bits per heavy atom. The quantitative estimate of drug-likeness (QED) is 0.295. The summed E-state index contributed by atoms with van der Waals surface area (Å²) in [6, 6.07) is 22.0. The molecule has 0 N–H and O–H groups in total. The Kier molecular flexibility index (Phi) is 5.86. The third kappa shape index (κ3) is 4.31. The number of hydrogen-bond donors (Lipinski definition) is 0. The van der Waals surface area contributed by atoms with Gasteiger partial charge in [-0.05, 0) is 48.0 Å². The van der Waals surface area contributed by atoms with Gasteiger partial charge in [-0.25, -0.2) is 9.18 Å². The van der Waals surface area contributed by atoms with Crippen LogP contribution in [0.2, 0.25) is 0 Å². The van der Waals surface area contributed by atoms with Gasteiger partial charge < -0.3 is 14.0 Å². The molecule has 0 radical (unpaired) electrons. The van der Waals surface area contributed by atoms with Gasteiger partial charge >= 0.3 is 6.09 Å². The molecular weight excluding hydrogens is 445 g/mol. The van der Waals surface area contributed by atoms with Crippen molar-refractivity contribution in [3.63, 3.8) is 0 Å². The number of hydrogen-bond acceptors (Lipinski definition) is 4. The Hall–Kier alpha value is -3.97. The van der Waals surface area contributed by atoms with Gasteiger partial charge in [-0.1, -0.05) is 44.2 Å². The fourth-order valence-corrected chi connectivity index (χ4v) is 4.46. The summed E-state index contributed by atoms with van der Waals surface area (Å²) in [5.41, 5.74) is 4.02. The third-order valence-corrected chi connectivity index (χ3v) is 6.15. The van der Waals surface area contributed by atoms with Gasteiger partial charge in [0.05, 0.1) is 23.8 Å². The summed E-state index contributed by atoms with van der Waals surface area (Å²) in [6.45, 7) is 4.88. The maximum absolute atomic E-state index is 13.7. The molecule has 0 aliphatic heterocycles. The van der Waals surface area contributed by atoms with Gasteiger partial charge in [-0.15, -0.1) is 0 Å². The molecule has 0 bridgehead atoms. The maximum atomic E-state index is 13.7. The molecule has 0 aliphatic rings. The topological polar surface area (TPSA) is 58.3 Å². The van der Waals surface area contributed by atoms with Gasteiger partial charge in [0.2, 0.25) is 0 Å². The van der Waals surface area contributed by atoms with Crippen LogP contribution >= 0.6 is 0 Å². The van der Waals surface area contributed by atoms with Crippen LogP contribution in [-0.2, 0) is 21.5 Å². The molecule has 5 rings (SSSR count). The van der Waals surface area contributed by atoms with Crippen LogP contribution in [0.25, 0.3) is 27.5 Å². The smallest absolute Gasteiger partial charge is 0.435 e. The number of carbonyl (C=O) groups excluding carboxylic acids is 1. The normalized spacial score (nSPS) is 11.9. The average molecular weight is 472 g/mol. The lowest BCUT2D eigenvalue weighted by atomic mass is 9.90. The average Bonchev–Trinajstić information content (AvgIpc) is 3.44. The van der Waals surface area contributed by atoms with Crippen molar-refractivity contribution in [2.75, 3.05) is 13.7 Å². The number of fused-ring (bicyclic) bond motifs is 2. The van der Waals surface area contributed by atoms with Crippen LogP contribution in [0.15, 0.2) is 79.0 Å². The lowest BCUT2D eigenvalue weighted by Gasteiger charge is -2.26. The van der Waals surface area contributed by atoms with Gasteiger partial charge in [0, 0.05) is 34.7 Å². The molecule has 0 fully saturated rings. The summed E-state index contributed by atoms with van der Waals surface area (Å²) in [6.07, 6.45) is 1.11. The predicted octanol–water partition coefficient (Wildman–Crippen LogP) is 6.23. The van der Waals surface area contributed by atoms with E-state index in [1.165, 1.54) is 16.8 Å². The number of nitrogens with zero attached hydrogens (tertiary/aromatic N) is 3. The van der Waals surface area contributed by atoms with Gasteiger partial charge in [0.1, 0.15) is 12.4 Å². The number of rotatable bonds is 6. The molecule has 0 amide bonds. The fraction of sp³-hybridized carbons (Fsp3) is 0.214. The summed E-state index contributed by atoms with van der Waals surface area (Å²) >= 11 is 0. The molecule has 0 aliphatic carbocycles. The Morgan fingerprint density at radius 2 is 1.69 bits per heavy atom. The minimum atomic E-state index is -0.541. The second-order valence-corrected chi connectivity index (χ2v) is 9.22. The number of ether oxygens (including phenoxy) is 2. The van der Waals surface area contributed by atoms with Crippen molar-refractivity contribution in [2.45, 2.75) is 25.9 Å². The van der Waals surface area contributed by atoms with Crippen molar-refractivity contribution in [3.05, 3.63) is 96.1 Å². The molecular formula is C28H26FN3O3. The van der Waals surface area contributed by atoms with Crippen LogP contribution in [0.4, 0.5) is 9.18 Å². The minimum Gasteiger partial charge on any atom is -0.443 e. The molecule has 6 nitrogen and oxygen atoms in total. The predicted molar refractivity (Wildman–Crippen MR) is 133 cm³/mol. The molecule has 2 heterocycles. The highest BCUT2D eigenvalue weighted by Gasteiger charge is 2.27. The molecule has 0 spiro atoms. The van der Waals surface area contributed by atoms with Gasteiger partial charge in [0.15, 0.2) is 0 Å². The summed E-state index contributed by atoms with van der Waals surface area (Å²) in [4.78, 5) is 12.8. The first kappa shape index (κ1) is 22.8. The zero-order valence-electron chi connectivity index (χ0n) is 19.9. The van der Waals surface area contributed by atoms with E-state index in [0.717, 1.165) is 33.2 Å². The highest BCUT2D eigenvalue weighted by Crippen LogP contribution is 2.35. The monoisotopic (exact) mass is 471 g/mol. The second kappa shape index (κ2) is 9.00. The molecule has 5 aromatic rings. The van der Waals surface area contributed by atoms with Crippen LogP contribution in [0.1, 0.15) is 25.1 Å². The number of aromatic nitrogens is 3. The minimum absolute atomic E-state index is 0.166. The number of methoxy groups -OCH3 is 1. The van der Waals surface area contributed by atoms with Crippen molar-refractivity contribution in [3.8, 4) is 5.69 Å². The van der Waals surface area contributed by atoms with Crippen molar-refractivity contribution in [1.82, 2.24) is 14.3 Å². The molecule has 0 unspecified atom stereocenters. The Balaban J connectivity index is 1.60. The summed E-state index contributed by atoms with van der Waals surface area (Å²) in [7, 11) is 1.68. The van der Waals surface area contributed by atoms with E-state index >= 15 is 0 Å². The largest absolute Gasteiger partial charge is 0.443 e. The molecule has 0 atom stereocenters. The number of carbonyl (C=O) groups is 1. The van der Waals surface area contributed by atoms with Crippen LogP contribution in [0.3, 0.4) is 0 Å². The third-order valence-electron chi connectivity index (χ3n) is 6.15.